The average molecular weight is 316 g/mol. The van der Waals surface area contributed by atoms with Crippen LogP contribution in [0.1, 0.15) is 39.0 Å². The molecule has 1 aliphatic carbocycles. The molecule has 0 radical (unpaired) electrons. The lowest BCUT2D eigenvalue weighted by Crippen LogP contribution is -2.33. The van der Waals surface area contributed by atoms with Crippen LogP contribution in [0.2, 0.25) is 0 Å². The van der Waals surface area contributed by atoms with Gasteiger partial charge in [0.2, 0.25) is 5.91 Å². The zero-order valence-electron chi connectivity index (χ0n) is 13.0. The van der Waals surface area contributed by atoms with Crippen molar-refractivity contribution >= 4 is 34.8 Å². The molecule has 0 bridgehead atoms. The van der Waals surface area contributed by atoms with Gasteiger partial charge < -0.3 is 10.6 Å². The van der Waals surface area contributed by atoms with Crippen molar-refractivity contribution in [1.82, 2.24) is 5.43 Å². The second-order valence-corrected chi connectivity index (χ2v) is 5.39. The quantitative estimate of drug-likeness (QED) is 0.587. The minimum atomic E-state index is -0.797. The topological polar surface area (TPSA) is 99.7 Å². The van der Waals surface area contributed by atoms with Crippen molar-refractivity contribution < 1.29 is 14.4 Å². The van der Waals surface area contributed by atoms with Crippen molar-refractivity contribution in [2.24, 2.45) is 5.10 Å². The molecule has 0 unspecified atom stereocenters. The first kappa shape index (κ1) is 16.7. The second kappa shape index (κ2) is 8.07. The molecule has 1 saturated carbocycles. The summed E-state index contributed by atoms with van der Waals surface area (Å²) in [6, 6.07) is 6.47. The number of carbonyl (C=O) groups excluding carboxylic acids is 3. The Kier molecular flexibility index (Phi) is 5.85. The number of carbonyl (C=O) groups is 3. The lowest BCUT2D eigenvalue weighted by molar-refractivity contribution is -0.136. The molecule has 0 aromatic heterocycles. The van der Waals surface area contributed by atoms with Crippen LogP contribution in [0.3, 0.4) is 0 Å². The summed E-state index contributed by atoms with van der Waals surface area (Å²) in [4.78, 5) is 34.4. The van der Waals surface area contributed by atoms with Gasteiger partial charge in [0.25, 0.3) is 0 Å². The summed E-state index contributed by atoms with van der Waals surface area (Å²) in [5, 5.41) is 9.09. The smallest absolute Gasteiger partial charge is 0.326 e. The van der Waals surface area contributed by atoms with Crippen molar-refractivity contribution in [3.05, 3.63) is 24.3 Å². The van der Waals surface area contributed by atoms with Gasteiger partial charge in [-0.05, 0) is 49.9 Å². The highest BCUT2D eigenvalue weighted by molar-refractivity contribution is 6.39. The molecule has 7 nitrogen and oxygen atoms in total. The van der Waals surface area contributed by atoms with E-state index in [-0.39, 0.29) is 5.91 Å². The van der Waals surface area contributed by atoms with E-state index in [9.17, 15) is 14.4 Å². The molecule has 1 aromatic rings. The average Bonchev–Trinajstić information content (AvgIpc) is 2.55. The fourth-order valence-corrected chi connectivity index (χ4v) is 2.28. The van der Waals surface area contributed by atoms with E-state index >= 15 is 0 Å². The van der Waals surface area contributed by atoms with Crippen LogP contribution in [-0.2, 0) is 14.4 Å². The minimum Gasteiger partial charge on any atom is -0.326 e. The van der Waals surface area contributed by atoms with Gasteiger partial charge in [0, 0.05) is 24.0 Å². The van der Waals surface area contributed by atoms with E-state index in [4.69, 9.17) is 0 Å². The third-order valence-electron chi connectivity index (χ3n) is 3.42. The predicted molar refractivity (Wildman–Crippen MR) is 88.0 cm³/mol. The Morgan fingerprint density at radius 2 is 1.43 bits per heavy atom. The molecule has 0 heterocycles. The van der Waals surface area contributed by atoms with Crippen LogP contribution in [0.25, 0.3) is 0 Å². The van der Waals surface area contributed by atoms with Crippen molar-refractivity contribution in [1.29, 1.82) is 0 Å². The van der Waals surface area contributed by atoms with Gasteiger partial charge in [-0.25, -0.2) is 5.43 Å². The summed E-state index contributed by atoms with van der Waals surface area (Å²) in [5.74, 6) is -1.76. The number of hydrogen-bond donors (Lipinski definition) is 3. The maximum absolute atomic E-state index is 11.8. The van der Waals surface area contributed by atoms with Crippen LogP contribution in [0.15, 0.2) is 29.4 Å². The largest absolute Gasteiger partial charge is 0.329 e. The van der Waals surface area contributed by atoms with Crippen LogP contribution in [0, 0.1) is 0 Å². The highest BCUT2D eigenvalue weighted by atomic mass is 16.2. The third-order valence-corrected chi connectivity index (χ3v) is 3.42. The fourth-order valence-electron chi connectivity index (χ4n) is 2.28. The van der Waals surface area contributed by atoms with Gasteiger partial charge in [-0.3, -0.25) is 14.4 Å². The third kappa shape index (κ3) is 5.54. The monoisotopic (exact) mass is 316 g/mol. The molecule has 1 aliphatic rings. The fraction of sp³-hybridized carbons (Fsp3) is 0.375. The predicted octanol–water partition coefficient (Wildman–Crippen LogP) is 2.02. The number of amides is 3. The van der Waals surface area contributed by atoms with E-state index < -0.39 is 11.8 Å². The summed E-state index contributed by atoms with van der Waals surface area (Å²) < 4.78 is 0. The van der Waals surface area contributed by atoms with Crippen LogP contribution >= 0.6 is 0 Å². The van der Waals surface area contributed by atoms with Crippen molar-refractivity contribution in [2.45, 2.75) is 39.0 Å². The Labute approximate surface area is 134 Å². The second-order valence-electron chi connectivity index (χ2n) is 5.39. The maximum atomic E-state index is 11.8. The van der Waals surface area contributed by atoms with E-state index in [1.54, 1.807) is 24.3 Å². The lowest BCUT2D eigenvalue weighted by Gasteiger charge is -2.12. The van der Waals surface area contributed by atoms with E-state index in [0.29, 0.717) is 11.4 Å². The van der Waals surface area contributed by atoms with Gasteiger partial charge in [-0.15, -0.1) is 0 Å². The van der Waals surface area contributed by atoms with Crippen LogP contribution < -0.4 is 16.1 Å². The van der Waals surface area contributed by atoms with E-state index in [0.717, 1.165) is 31.4 Å². The zero-order valence-corrected chi connectivity index (χ0v) is 13.0. The lowest BCUT2D eigenvalue weighted by atomic mass is 9.99. The Morgan fingerprint density at radius 3 is 2.00 bits per heavy atom. The molecule has 1 aromatic carbocycles. The van der Waals surface area contributed by atoms with Gasteiger partial charge in [-0.2, -0.15) is 5.10 Å². The normalized spacial score (nSPS) is 13.9. The van der Waals surface area contributed by atoms with Crippen LogP contribution in [0.4, 0.5) is 11.4 Å². The number of nitrogens with one attached hydrogen (secondary N) is 3. The molecule has 1 fully saturated rings. The molecule has 122 valence electrons. The summed E-state index contributed by atoms with van der Waals surface area (Å²) in [6.45, 7) is 1.41. The summed E-state index contributed by atoms with van der Waals surface area (Å²) in [6.07, 6.45) is 5.06. The first-order valence-corrected chi connectivity index (χ1v) is 7.59. The van der Waals surface area contributed by atoms with Crippen molar-refractivity contribution in [3.63, 3.8) is 0 Å². The summed E-state index contributed by atoms with van der Waals surface area (Å²) in [7, 11) is 0. The number of anilines is 2. The van der Waals surface area contributed by atoms with Crippen molar-refractivity contribution in [2.75, 3.05) is 10.6 Å². The summed E-state index contributed by atoms with van der Waals surface area (Å²) >= 11 is 0. The van der Waals surface area contributed by atoms with Gasteiger partial charge in [0.15, 0.2) is 0 Å². The molecule has 0 spiro atoms. The standard InChI is InChI=1S/C16H20N4O3/c1-11(21)17-12-7-9-13(10-8-12)18-15(22)16(23)20-19-14-5-3-2-4-6-14/h7-10H,2-6H2,1H3,(H,17,21)(H,18,22)(H,20,23). The molecule has 7 heteroatoms. The molecule has 0 aliphatic heterocycles. The van der Waals surface area contributed by atoms with Gasteiger partial charge in [-0.1, -0.05) is 6.42 Å². The number of hydrazone groups is 1. The molecular weight excluding hydrogens is 296 g/mol. The highest BCUT2D eigenvalue weighted by Gasteiger charge is 2.14. The van der Waals surface area contributed by atoms with Gasteiger partial charge in [0.05, 0.1) is 0 Å². The number of rotatable bonds is 3. The van der Waals surface area contributed by atoms with Crippen molar-refractivity contribution in [3.8, 4) is 0 Å². The van der Waals surface area contributed by atoms with E-state index in [2.05, 4.69) is 21.2 Å². The highest BCUT2D eigenvalue weighted by Crippen LogP contribution is 2.14. The minimum absolute atomic E-state index is 0.178. The number of hydrogen-bond acceptors (Lipinski definition) is 4. The van der Waals surface area contributed by atoms with E-state index in [1.165, 1.54) is 13.3 Å². The van der Waals surface area contributed by atoms with Crippen LogP contribution in [-0.4, -0.2) is 23.4 Å². The Balaban J connectivity index is 1.85. The summed E-state index contributed by atoms with van der Waals surface area (Å²) in [5.41, 5.74) is 4.29. The first-order chi connectivity index (χ1) is 11.0. The molecule has 3 N–H and O–H groups in total. The SMILES string of the molecule is CC(=O)Nc1ccc(NC(=O)C(=O)NN=C2CCCCC2)cc1. The Bertz CT molecular complexity index is 615. The molecule has 0 atom stereocenters. The van der Waals surface area contributed by atoms with E-state index in [1.807, 2.05) is 0 Å². The van der Waals surface area contributed by atoms with Gasteiger partial charge >= 0.3 is 11.8 Å². The first-order valence-electron chi connectivity index (χ1n) is 7.59. The molecular formula is C16H20N4O3. The Hall–Kier alpha value is -2.70. The van der Waals surface area contributed by atoms with Crippen LogP contribution in [0.5, 0.6) is 0 Å². The molecule has 23 heavy (non-hydrogen) atoms. The number of benzene rings is 1. The maximum Gasteiger partial charge on any atom is 0.329 e. The Morgan fingerprint density at radius 1 is 0.870 bits per heavy atom. The number of nitrogens with zero attached hydrogens (tertiary/aromatic N) is 1. The van der Waals surface area contributed by atoms with Gasteiger partial charge in [0.1, 0.15) is 0 Å². The molecule has 2 rings (SSSR count). The molecule has 3 amide bonds. The molecule has 0 saturated heterocycles. The zero-order chi connectivity index (χ0) is 16.7.